The number of primary amides is 1. The number of nitrogens with one attached hydrogen (secondary N) is 1. The smallest absolute Gasteiger partial charge is 0.252 e. The predicted molar refractivity (Wildman–Crippen MR) is 115 cm³/mol. The van der Waals surface area contributed by atoms with Crippen molar-refractivity contribution in [2.24, 2.45) is 5.73 Å². The number of ether oxygens (including phenoxy) is 1. The van der Waals surface area contributed by atoms with E-state index in [0.717, 1.165) is 15.6 Å². The van der Waals surface area contributed by atoms with Crippen LogP contribution in [0.4, 0.5) is 0 Å². The van der Waals surface area contributed by atoms with Crippen molar-refractivity contribution >= 4 is 37.4 Å². The molecule has 3 aromatic rings. The Bertz CT molecular complexity index is 1140. The first-order chi connectivity index (χ1) is 13.7. The number of benzene rings is 2. The van der Waals surface area contributed by atoms with Gasteiger partial charge in [0.2, 0.25) is 10.0 Å². The molecule has 0 saturated heterocycles. The van der Waals surface area contributed by atoms with Crippen LogP contribution in [0.1, 0.15) is 22.0 Å². The van der Waals surface area contributed by atoms with E-state index >= 15 is 0 Å². The molecule has 1 aromatic heterocycles. The Morgan fingerprint density at radius 3 is 2.62 bits per heavy atom. The van der Waals surface area contributed by atoms with Crippen molar-refractivity contribution in [3.8, 4) is 5.75 Å². The average molecular weight is 434 g/mol. The van der Waals surface area contributed by atoms with Gasteiger partial charge in [0, 0.05) is 17.3 Å². The summed E-state index contributed by atoms with van der Waals surface area (Å²) in [5.74, 6) is -0.526. The fourth-order valence-electron chi connectivity index (χ4n) is 3.15. The number of methoxy groups -OCH3 is 1. The zero-order valence-corrected chi connectivity index (χ0v) is 18.0. The average Bonchev–Trinajstić information content (AvgIpc) is 3.11. The lowest BCUT2D eigenvalue weighted by Gasteiger charge is -2.24. The molecule has 3 rings (SSSR count). The minimum atomic E-state index is -3.85. The van der Waals surface area contributed by atoms with Crippen molar-refractivity contribution in [1.82, 2.24) is 9.62 Å². The highest BCUT2D eigenvalue weighted by Crippen LogP contribution is 2.32. The van der Waals surface area contributed by atoms with Crippen molar-refractivity contribution in [3.63, 3.8) is 0 Å². The maximum atomic E-state index is 12.8. The van der Waals surface area contributed by atoms with E-state index in [4.69, 9.17) is 10.5 Å². The van der Waals surface area contributed by atoms with E-state index in [1.165, 1.54) is 25.3 Å². The molecule has 7 nitrogen and oxygen atoms in total. The van der Waals surface area contributed by atoms with Gasteiger partial charge in [-0.2, -0.15) is 0 Å². The molecule has 0 aliphatic carbocycles. The SMILES string of the molecule is COc1ccc(S(=O)(=O)NC[C@H](c2csc3ccccc23)N(C)C)cc1C(N)=O. The summed E-state index contributed by atoms with van der Waals surface area (Å²) in [4.78, 5) is 13.5. The summed E-state index contributed by atoms with van der Waals surface area (Å²) < 4.78 is 34.6. The van der Waals surface area contributed by atoms with Gasteiger partial charge >= 0.3 is 0 Å². The van der Waals surface area contributed by atoms with Crippen LogP contribution < -0.4 is 15.2 Å². The molecule has 0 fully saturated rings. The van der Waals surface area contributed by atoms with E-state index in [1.807, 2.05) is 43.3 Å². The minimum absolute atomic E-state index is 0.0170. The topological polar surface area (TPSA) is 102 Å². The molecular weight excluding hydrogens is 410 g/mol. The molecule has 0 radical (unpaired) electrons. The minimum Gasteiger partial charge on any atom is -0.496 e. The van der Waals surface area contributed by atoms with Gasteiger partial charge in [-0.05, 0) is 54.7 Å². The second-order valence-electron chi connectivity index (χ2n) is 6.74. The summed E-state index contributed by atoms with van der Waals surface area (Å²) >= 11 is 1.63. The van der Waals surface area contributed by atoms with Crippen molar-refractivity contribution in [2.45, 2.75) is 10.9 Å². The molecule has 1 heterocycles. The summed E-state index contributed by atoms with van der Waals surface area (Å²) in [7, 11) is 1.35. The molecular formula is C20H23N3O4S2. The fourth-order valence-corrected chi connectivity index (χ4v) is 5.22. The number of carbonyl (C=O) groups is 1. The predicted octanol–water partition coefficient (Wildman–Crippen LogP) is 2.59. The molecule has 1 atom stereocenters. The van der Waals surface area contributed by atoms with Gasteiger partial charge < -0.3 is 15.4 Å². The quantitative estimate of drug-likeness (QED) is 0.569. The van der Waals surface area contributed by atoms with Crippen LogP contribution >= 0.6 is 11.3 Å². The Morgan fingerprint density at radius 2 is 1.97 bits per heavy atom. The van der Waals surface area contributed by atoms with Crippen molar-refractivity contribution in [3.05, 3.63) is 59.0 Å². The van der Waals surface area contributed by atoms with Gasteiger partial charge in [0.25, 0.3) is 5.91 Å². The van der Waals surface area contributed by atoms with Gasteiger partial charge in [-0.15, -0.1) is 11.3 Å². The number of nitrogens with two attached hydrogens (primary N) is 1. The van der Waals surface area contributed by atoms with Crippen LogP contribution in [0.25, 0.3) is 10.1 Å². The number of thiophene rings is 1. The number of amides is 1. The Balaban J connectivity index is 1.88. The highest BCUT2D eigenvalue weighted by molar-refractivity contribution is 7.89. The maximum absolute atomic E-state index is 12.8. The number of fused-ring (bicyclic) bond motifs is 1. The second-order valence-corrected chi connectivity index (χ2v) is 9.42. The summed E-state index contributed by atoms with van der Waals surface area (Å²) in [6.07, 6.45) is 0. The first-order valence-corrected chi connectivity index (χ1v) is 11.2. The van der Waals surface area contributed by atoms with E-state index in [9.17, 15) is 13.2 Å². The molecule has 0 aliphatic heterocycles. The zero-order valence-electron chi connectivity index (χ0n) is 16.4. The highest BCUT2D eigenvalue weighted by Gasteiger charge is 2.23. The number of rotatable bonds is 8. The van der Waals surface area contributed by atoms with Gasteiger partial charge in [-0.1, -0.05) is 18.2 Å². The van der Waals surface area contributed by atoms with Crippen molar-refractivity contribution in [1.29, 1.82) is 0 Å². The van der Waals surface area contributed by atoms with Gasteiger partial charge in [0.05, 0.1) is 17.6 Å². The molecule has 0 bridgehead atoms. The first-order valence-electron chi connectivity index (χ1n) is 8.84. The monoisotopic (exact) mass is 433 g/mol. The molecule has 154 valence electrons. The standard InChI is InChI=1S/C20H23N3O4S2/c1-23(2)17(16-12-28-19-7-5-4-6-14(16)19)11-22-29(25,26)13-8-9-18(27-3)15(10-13)20(21)24/h4-10,12,17,22H,11H2,1-3H3,(H2,21,24)/t17-/m1/s1. The van der Waals surface area contributed by atoms with E-state index in [1.54, 1.807) is 11.3 Å². The maximum Gasteiger partial charge on any atom is 0.252 e. The molecule has 9 heteroatoms. The van der Waals surface area contributed by atoms with Crippen LogP contribution in [0.15, 0.2) is 52.7 Å². The third-order valence-electron chi connectivity index (χ3n) is 4.71. The first kappa shape index (κ1) is 21.3. The summed E-state index contributed by atoms with van der Waals surface area (Å²) in [6.45, 7) is 0.175. The summed E-state index contributed by atoms with van der Waals surface area (Å²) in [5.41, 5.74) is 6.42. The van der Waals surface area contributed by atoms with Crippen LogP contribution in [-0.2, 0) is 10.0 Å². The number of nitrogens with zero attached hydrogens (tertiary/aromatic N) is 1. The molecule has 2 aromatic carbocycles. The van der Waals surface area contributed by atoms with E-state index in [-0.39, 0.29) is 28.8 Å². The molecule has 0 unspecified atom stereocenters. The van der Waals surface area contributed by atoms with E-state index < -0.39 is 15.9 Å². The third-order valence-corrected chi connectivity index (χ3v) is 7.11. The van der Waals surface area contributed by atoms with Crippen LogP contribution in [0.3, 0.4) is 0 Å². The van der Waals surface area contributed by atoms with Gasteiger partial charge in [-0.25, -0.2) is 13.1 Å². The molecule has 0 aliphatic rings. The van der Waals surface area contributed by atoms with Crippen molar-refractivity contribution in [2.75, 3.05) is 27.7 Å². The van der Waals surface area contributed by atoms with Crippen LogP contribution in [-0.4, -0.2) is 47.0 Å². The molecule has 3 N–H and O–H groups in total. The molecule has 1 amide bonds. The zero-order chi connectivity index (χ0) is 21.2. The Hall–Kier alpha value is -2.46. The lowest BCUT2D eigenvalue weighted by molar-refractivity contribution is 0.0997. The number of sulfonamides is 1. The van der Waals surface area contributed by atoms with Crippen molar-refractivity contribution < 1.29 is 17.9 Å². The largest absolute Gasteiger partial charge is 0.496 e. The van der Waals surface area contributed by atoms with Gasteiger partial charge in [-0.3, -0.25) is 4.79 Å². The number of hydrogen-bond donors (Lipinski definition) is 2. The highest BCUT2D eigenvalue weighted by atomic mass is 32.2. The van der Waals surface area contributed by atoms with Gasteiger partial charge in [0.1, 0.15) is 5.75 Å². The molecule has 0 spiro atoms. The third kappa shape index (κ3) is 4.43. The van der Waals surface area contributed by atoms with Crippen LogP contribution in [0.5, 0.6) is 5.75 Å². The lowest BCUT2D eigenvalue weighted by atomic mass is 10.1. The molecule has 29 heavy (non-hydrogen) atoms. The Morgan fingerprint density at radius 1 is 1.24 bits per heavy atom. The Labute approximate surface area is 174 Å². The fraction of sp³-hybridized carbons (Fsp3) is 0.250. The molecule has 0 saturated carbocycles. The second kappa shape index (κ2) is 8.50. The van der Waals surface area contributed by atoms with E-state index in [0.29, 0.717) is 0 Å². The number of carbonyl (C=O) groups excluding carboxylic acids is 1. The van der Waals surface area contributed by atoms with E-state index in [2.05, 4.69) is 10.1 Å². The Kier molecular flexibility index (Phi) is 6.23. The summed E-state index contributed by atoms with van der Waals surface area (Å²) in [6, 6.07) is 11.9. The van der Waals surface area contributed by atoms with Crippen LogP contribution in [0.2, 0.25) is 0 Å². The van der Waals surface area contributed by atoms with Crippen LogP contribution in [0, 0.1) is 0 Å². The lowest BCUT2D eigenvalue weighted by Crippen LogP contribution is -2.34. The number of hydrogen-bond acceptors (Lipinski definition) is 6. The summed E-state index contributed by atoms with van der Waals surface area (Å²) in [5, 5.41) is 3.17. The number of likely N-dealkylation sites (N-methyl/N-ethyl adjacent to an activating group) is 1. The van der Waals surface area contributed by atoms with Gasteiger partial charge in [0.15, 0.2) is 0 Å². The normalized spacial score (nSPS) is 13.0.